The monoisotopic (exact) mass is 302 g/mol. The molecule has 3 nitrogen and oxygen atoms in total. The number of benzene rings is 1. The molecule has 1 atom stereocenters. The van der Waals surface area contributed by atoms with Crippen molar-refractivity contribution in [3.05, 3.63) is 34.2 Å². The van der Waals surface area contributed by atoms with Crippen LogP contribution in [0.25, 0.3) is 10.1 Å². The third-order valence-corrected chi connectivity index (χ3v) is 5.68. The molecular formula is C12H12ClO3PS. The molecular weight excluding hydrogens is 291 g/mol. The second kappa shape index (κ2) is 4.69. The summed E-state index contributed by atoms with van der Waals surface area (Å²) < 4.78 is 13.1. The summed E-state index contributed by atoms with van der Waals surface area (Å²) in [5.74, 6) is -1.05. The standard InChI is InChI=1S/C12H12ClO3PS/c1-17(2,16)11(12(14)15)9-6-18-10-4-3-7(13)5-8(9)10/h3-6,11H,1-2H3,(H,14,15). The number of carboxylic acids is 1. The zero-order valence-electron chi connectivity index (χ0n) is 9.88. The van der Waals surface area contributed by atoms with E-state index >= 15 is 0 Å². The van der Waals surface area contributed by atoms with Gasteiger partial charge in [0.1, 0.15) is 5.66 Å². The Morgan fingerprint density at radius 1 is 1.44 bits per heavy atom. The van der Waals surface area contributed by atoms with Crippen LogP contribution in [0.15, 0.2) is 23.6 Å². The van der Waals surface area contributed by atoms with Crippen molar-refractivity contribution in [2.75, 3.05) is 13.3 Å². The number of halogens is 1. The zero-order valence-corrected chi connectivity index (χ0v) is 12.4. The molecule has 0 fully saturated rings. The van der Waals surface area contributed by atoms with Gasteiger partial charge in [0.05, 0.1) is 7.14 Å². The predicted molar refractivity (Wildman–Crippen MR) is 76.7 cm³/mol. The van der Waals surface area contributed by atoms with Crippen molar-refractivity contribution in [2.45, 2.75) is 5.66 Å². The van der Waals surface area contributed by atoms with Crippen LogP contribution in [0.5, 0.6) is 0 Å². The predicted octanol–water partition coefficient (Wildman–Crippen LogP) is 4.30. The van der Waals surface area contributed by atoms with Gasteiger partial charge in [-0.2, -0.15) is 0 Å². The summed E-state index contributed by atoms with van der Waals surface area (Å²) in [6.45, 7) is 3.00. The molecule has 1 aromatic carbocycles. The SMILES string of the molecule is CP(C)(=O)C(C(=O)O)c1csc2ccc(Cl)cc12. The van der Waals surface area contributed by atoms with Gasteiger partial charge in [0.15, 0.2) is 0 Å². The molecule has 6 heteroatoms. The minimum absolute atomic E-state index is 0.549. The quantitative estimate of drug-likeness (QED) is 0.860. The summed E-state index contributed by atoms with van der Waals surface area (Å²) in [4.78, 5) is 11.4. The molecule has 1 heterocycles. The molecule has 0 saturated carbocycles. The largest absolute Gasteiger partial charge is 0.480 e. The highest BCUT2D eigenvalue weighted by Gasteiger charge is 2.33. The Kier molecular flexibility index (Phi) is 3.54. The Labute approximate surface area is 114 Å². The van der Waals surface area contributed by atoms with Gasteiger partial charge in [0, 0.05) is 9.72 Å². The van der Waals surface area contributed by atoms with Gasteiger partial charge in [-0.05, 0) is 47.9 Å². The number of aliphatic carboxylic acids is 1. The number of rotatable bonds is 3. The van der Waals surface area contributed by atoms with Crippen LogP contribution in [0.3, 0.4) is 0 Å². The number of carboxylic acid groups (broad SMARTS) is 1. The molecule has 0 amide bonds. The molecule has 1 aromatic heterocycles. The van der Waals surface area contributed by atoms with Crippen LogP contribution in [-0.4, -0.2) is 24.4 Å². The van der Waals surface area contributed by atoms with Gasteiger partial charge < -0.3 is 9.67 Å². The summed E-state index contributed by atoms with van der Waals surface area (Å²) in [5.41, 5.74) is -0.372. The highest BCUT2D eigenvalue weighted by Crippen LogP contribution is 2.55. The first-order chi connectivity index (χ1) is 8.30. The Bertz CT molecular complexity index is 658. The summed E-state index contributed by atoms with van der Waals surface area (Å²) in [5, 5.41) is 12.4. The van der Waals surface area contributed by atoms with Crippen LogP contribution < -0.4 is 0 Å². The molecule has 2 aromatic rings. The third kappa shape index (κ3) is 2.46. The maximum Gasteiger partial charge on any atom is 0.318 e. The lowest BCUT2D eigenvalue weighted by Gasteiger charge is -2.16. The smallest absolute Gasteiger partial charge is 0.318 e. The van der Waals surface area contributed by atoms with Crippen LogP contribution in [0, 0.1) is 0 Å². The van der Waals surface area contributed by atoms with Gasteiger partial charge in [-0.3, -0.25) is 4.79 Å². The molecule has 1 N–H and O–H groups in total. The first-order valence-corrected chi connectivity index (χ1v) is 9.17. The van der Waals surface area contributed by atoms with Gasteiger partial charge >= 0.3 is 5.97 Å². The van der Waals surface area contributed by atoms with Gasteiger partial charge in [-0.25, -0.2) is 0 Å². The van der Waals surface area contributed by atoms with Crippen molar-refractivity contribution in [1.82, 2.24) is 0 Å². The molecule has 0 aliphatic heterocycles. The highest BCUT2D eigenvalue weighted by atomic mass is 35.5. The third-order valence-electron chi connectivity index (χ3n) is 2.72. The van der Waals surface area contributed by atoms with E-state index in [9.17, 15) is 14.5 Å². The van der Waals surface area contributed by atoms with Crippen molar-refractivity contribution in [2.24, 2.45) is 0 Å². The summed E-state index contributed by atoms with van der Waals surface area (Å²) >= 11 is 7.38. The summed E-state index contributed by atoms with van der Waals surface area (Å²) in [7, 11) is -2.78. The summed E-state index contributed by atoms with van der Waals surface area (Å²) in [6, 6.07) is 5.34. The van der Waals surface area contributed by atoms with Crippen LogP contribution >= 0.6 is 30.1 Å². The van der Waals surface area contributed by atoms with E-state index in [1.54, 1.807) is 17.5 Å². The molecule has 0 bridgehead atoms. The van der Waals surface area contributed by atoms with E-state index in [0.29, 0.717) is 10.6 Å². The van der Waals surface area contributed by atoms with E-state index in [1.807, 2.05) is 6.07 Å². The van der Waals surface area contributed by atoms with Gasteiger partial charge in [-0.1, -0.05) is 11.6 Å². The molecule has 0 aliphatic carbocycles. The van der Waals surface area contributed by atoms with Crippen molar-refractivity contribution >= 4 is 46.1 Å². The Morgan fingerprint density at radius 2 is 2.11 bits per heavy atom. The number of fused-ring (bicyclic) bond motifs is 1. The minimum atomic E-state index is -2.78. The van der Waals surface area contributed by atoms with Gasteiger partial charge in [0.2, 0.25) is 0 Å². The van der Waals surface area contributed by atoms with E-state index < -0.39 is 18.8 Å². The van der Waals surface area contributed by atoms with Crippen molar-refractivity contribution < 1.29 is 14.5 Å². The van der Waals surface area contributed by atoms with Crippen molar-refractivity contribution in [3.8, 4) is 0 Å². The van der Waals surface area contributed by atoms with Crippen molar-refractivity contribution in [3.63, 3.8) is 0 Å². The average Bonchev–Trinajstić information content (AvgIpc) is 2.59. The van der Waals surface area contributed by atoms with Gasteiger partial charge in [0.25, 0.3) is 0 Å². The molecule has 1 unspecified atom stereocenters. The molecule has 2 rings (SSSR count). The zero-order chi connectivity index (χ0) is 13.5. The maximum atomic E-state index is 12.2. The number of hydrogen-bond donors (Lipinski definition) is 1. The van der Waals surface area contributed by atoms with E-state index in [1.165, 1.54) is 24.7 Å². The Balaban J connectivity index is 2.69. The average molecular weight is 303 g/mol. The Hall–Kier alpha value is -0.830. The minimum Gasteiger partial charge on any atom is -0.480 e. The summed E-state index contributed by atoms with van der Waals surface area (Å²) in [6.07, 6.45) is 0. The first kappa shape index (κ1) is 13.6. The fourth-order valence-electron chi connectivity index (χ4n) is 1.97. The lowest BCUT2D eigenvalue weighted by atomic mass is 10.1. The normalized spacial score (nSPS) is 13.7. The van der Waals surface area contributed by atoms with Crippen LogP contribution in [0.1, 0.15) is 11.2 Å². The van der Waals surface area contributed by atoms with Crippen LogP contribution in [0.2, 0.25) is 5.02 Å². The molecule has 0 radical (unpaired) electrons. The molecule has 18 heavy (non-hydrogen) atoms. The maximum absolute atomic E-state index is 12.2. The van der Waals surface area contributed by atoms with E-state index in [2.05, 4.69) is 0 Å². The second-order valence-corrected chi connectivity index (χ2v) is 9.24. The van der Waals surface area contributed by atoms with Crippen molar-refractivity contribution in [1.29, 1.82) is 0 Å². The highest BCUT2D eigenvalue weighted by molar-refractivity contribution is 7.63. The molecule has 0 saturated heterocycles. The molecule has 0 spiro atoms. The van der Waals surface area contributed by atoms with Gasteiger partial charge in [-0.15, -0.1) is 11.3 Å². The lowest BCUT2D eigenvalue weighted by molar-refractivity contribution is -0.136. The molecule has 0 aliphatic rings. The molecule has 96 valence electrons. The van der Waals surface area contributed by atoms with E-state index in [0.717, 1.165) is 10.1 Å². The fraction of sp³-hybridized carbons (Fsp3) is 0.250. The topological polar surface area (TPSA) is 54.4 Å². The number of hydrogen-bond acceptors (Lipinski definition) is 3. The lowest BCUT2D eigenvalue weighted by Crippen LogP contribution is -2.10. The van der Waals surface area contributed by atoms with E-state index in [-0.39, 0.29) is 0 Å². The number of thiophene rings is 1. The first-order valence-electron chi connectivity index (χ1n) is 5.25. The Morgan fingerprint density at radius 3 is 2.67 bits per heavy atom. The number of carbonyl (C=O) groups is 1. The van der Waals surface area contributed by atoms with E-state index in [4.69, 9.17) is 11.6 Å². The second-order valence-electron chi connectivity index (χ2n) is 4.51. The van der Waals surface area contributed by atoms with Crippen LogP contribution in [0.4, 0.5) is 0 Å². The van der Waals surface area contributed by atoms with Crippen LogP contribution in [-0.2, 0) is 9.36 Å². The fourth-order valence-corrected chi connectivity index (χ4v) is 4.62.